The molecule has 3 aliphatic rings. The smallest absolute Gasteiger partial charge is 0.423 e. The fourth-order valence-corrected chi connectivity index (χ4v) is 4.75. The quantitative estimate of drug-likeness (QED) is 0.401. The number of oxime groups is 1. The lowest BCUT2D eigenvalue weighted by atomic mass is 9.77. The van der Waals surface area contributed by atoms with Crippen LogP contribution < -0.4 is 5.46 Å². The van der Waals surface area contributed by atoms with E-state index in [0.29, 0.717) is 11.0 Å². The summed E-state index contributed by atoms with van der Waals surface area (Å²) in [7, 11) is -1.06. The molecule has 160 valence electrons. The van der Waals surface area contributed by atoms with E-state index >= 15 is 4.39 Å². The van der Waals surface area contributed by atoms with Crippen LogP contribution >= 0.6 is 23.2 Å². The number of hydrogen-bond donors (Lipinski definition) is 1. The van der Waals surface area contributed by atoms with Crippen LogP contribution in [0.25, 0.3) is 0 Å². The third-order valence-corrected chi connectivity index (χ3v) is 6.14. The lowest BCUT2D eigenvalue weighted by Gasteiger charge is -2.28. The van der Waals surface area contributed by atoms with Crippen molar-refractivity contribution in [2.45, 2.75) is 49.7 Å². The molecule has 4 rings (SSSR count). The number of rotatable bonds is 2. The number of allylic oxidation sites excluding steroid dienone is 3. The van der Waals surface area contributed by atoms with Crippen molar-refractivity contribution >= 4 is 41.5 Å². The Labute approximate surface area is 180 Å². The van der Waals surface area contributed by atoms with Crippen LogP contribution in [0.2, 0.25) is 0 Å². The molecular formula is C19H16BCl2F4NO3. The Kier molecular flexibility index (Phi) is 5.05. The third kappa shape index (κ3) is 3.55. The molecule has 11 heteroatoms. The summed E-state index contributed by atoms with van der Waals surface area (Å²) in [5.74, 6) is -2.45. The van der Waals surface area contributed by atoms with Crippen molar-refractivity contribution < 1.29 is 32.1 Å². The Morgan fingerprint density at radius 3 is 2.63 bits per heavy atom. The van der Waals surface area contributed by atoms with Crippen molar-refractivity contribution in [3.05, 3.63) is 51.6 Å². The van der Waals surface area contributed by atoms with Crippen LogP contribution in [0.3, 0.4) is 0 Å². The minimum Gasteiger partial charge on any atom is -0.423 e. The molecule has 0 saturated heterocycles. The molecule has 0 bridgehead atoms. The molecule has 1 N–H and O–H groups in total. The molecule has 0 radical (unpaired) electrons. The van der Waals surface area contributed by atoms with Crippen molar-refractivity contribution in [3.8, 4) is 0 Å². The monoisotopic (exact) mass is 463 g/mol. The van der Waals surface area contributed by atoms with Gasteiger partial charge in [0, 0.05) is 5.57 Å². The molecule has 0 amide bonds. The summed E-state index contributed by atoms with van der Waals surface area (Å²) in [4.78, 5) is 5.01. The predicted molar refractivity (Wildman–Crippen MR) is 106 cm³/mol. The maximum atomic E-state index is 15.5. The second-order valence-electron chi connectivity index (χ2n) is 7.92. The summed E-state index contributed by atoms with van der Waals surface area (Å²) in [6.45, 7) is 3.58. The van der Waals surface area contributed by atoms with E-state index < -0.39 is 47.2 Å². The molecule has 0 spiro atoms. The molecule has 1 aliphatic carbocycles. The highest BCUT2D eigenvalue weighted by Gasteiger charge is 2.49. The van der Waals surface area contributed by atoms with Gasteiger partial charge in [-0.2, -0.15) is 17.6 Å². The molecule has 0 aromatic heterocycles. The van der Waals surface area contributed by atoms with E-state index in [1.165, 1.54) is 0 Å². The number of halogens is 6. The van der Waals surface area contributed by atoms with Crippen LogP contribution in [0.4, 0.5) is 17.6 Å². The van der Waals surface area contributed by atoms with Crippen LogP contribution in [0, 0.1) is 0 Å². The van der Waals surface area contributed by atoms with Gasteiger partial charge in [-0.15, -0.1) is 11.6 Å². The average molecular weight is 464 g/mol. The van der Waals surface area contributed by atoms with E-state index in [9.17, 15) is 18.2 Å². The van der Waals surface area contributed by atoms with Gasteiger partial charge in [0.2, 0.25) is 0 Å². The first-order chi connectivity index (χ1) is 13.8. The van der Waals surface area contributed by atoms with Crippen LogP contribution in [-0.2, 0) is 15.1 Å². The molecule has 2 atom stereocenters. The van der Waals surface area contributed by atoms with Gasteiger partial charge in [-0.25, -0.2) is 0 Å². The normalized spacial score (nSPS) is 28.3. The van der Waals surface area contributed by atoms with Gasteiger partial charge in [0.15, 0.2) is 0 Å². The van der Waals surface area contributed by atoms with Crippen molar-refractivity contribution in [3.63, 3.8) is 0 Å². The second-order valence-corrected chi connectivity index (χ2v) is 8.85. The fourth-order valence-electron chi connectivity index (χ4n) is 3.92. The highest BCUT2D eigenvalue weighted by atomic mass is 35.5. The van der Waals surface area contributed by atoms with Crippen molar-refractivity contribution in [1.82, 2.24) is 0 Å². The minimum absolute atomic E-state index is 0.112. The highest BCUT2D eigenvalue weighted by Crippen LogP contribution is 2.46. The minimum atomic E-state index is -4.71. The summed E-state index contributed by atoms with van der Waals surface area (Å²) in [6, 6.07) is 5.04. The average Bonchev–Trinajstić information content (AvgIpc) is 3.12. The maximum absolute atomic E-state index is 15.5. The predicted octanol–water partition coefficient (Wildman–Crippen LogP) is 4.42. The SMILES string of the molecule is CC1(C)OB(O)c2ccc(C3=NOC(F)(C4=CC(Cl)=C(C(F)(F)F)C(Cl)C4)C3)cc21. The molecule has 0 fully saturated rings. The molecular weight excluding hydrogens is 448 g/mol. The van der Waals surface area contributed by atoms with Crippen LogP contribution in [0.15, 0.2) is 45.6 Å². The molecule has 2 unspecified atom stereocenters. The van der Waals surface area contributed by atoms with Crippen LogP contribution in [0.5, 0.6) is 0 Å². The summed E-state index contributed by atoms with van der Waals surface area (Å²) in [5, 5.41) is 11.6. The van der Waals surface area contributed by atoms with Gasteiger partial charge in [-0.3, -0.25) is 0 Å². The van der Waals surface area contributed by atoms with E-state index in [2.05, 4.69) is 5.16 Å². The van der Waals surface area contributed by atoms with E-state index in [1.807, 2.05) is 0 Å². The van der Waals surface area contributed by atoms with Crippen molar-refractivity contribution in [1.29, 1.82) is 0 Å². The molecule has 4 nitrogen and oxygen atoms in total. The lowest BCUT2D eigenvalue weighted by molar-refractivity contribution is -0.101. The summed E-state index contributed by atoms with van der Waals surface area (Å²) >= 11 is 11.6. The zero-order chi connectivity index (χ0) is 22.1. The number of nitrogens with zero attached hydrogens (tertiary/aromatic N) is 1. The zero-order valence-electron chi connectivity index (χ0n) is 15.9. The van der Waals surface area contributed by atoms with Gasteiger partial charge < -0.3 is 14.5 Å². The van der Waals surface area contributed by atoms with E-state index in [-0.39, 0.29) is 17.7 Å². The van der Waals surface area contributed by atoms with Gasteiger partial charge in [-0.05, 0) is 49.0 Å². The Morgan fingerprint density at radius 2 is 2.00 bits per heavy atom. The van der Waals surface area contributed by atoms with Gasteiger partial charge in [-0.1, -0.05) is 28.9 Å². The first-order valence-corrected chi connectivity index (χ1v) is 9.90. The second kappa shape index (κ2) is 6.98. The van der Waals surface area contributed by atoms with Crippen LogP contribution in [0.1, 0.15) is 37.8 Å². The van der Waals surface area contributed by atoms with Crippen molar-refractivity contribution in [2.75, 3.05) is 0 Å². The third-order valence-electron chi connectivity index (χ3n) is 5.46. The largest absolute Gasteiger partial charge is 0.492 e. The Bertz CT molecular complexity index is 1010. The standard InChI is InChI=1S/C19H16BCl2F4NO3/c1-17(2)11-5-9(3-4-12(11)20(28)29-17)15-8-18(23,30-27-15)10-6-13(21)16(14(22)7-10)19(24,25)26/h3-6,14,28H,7-8H2,1-2H3. The number of benzene rings is 1. The van der Waals surface area contributed by atoms with E-state index in [1.54, 1.807) is 32.0 Å². The Hall–Kier alpha value is -1.55. The summed E-state index contributed by atoms with van der Waals surface area (Å²) in [5.41, 5.74) is 0.191. The van der Waals surface area contributed by atoms with E-state index in [4.69, 9.17) is 32.7 Å². The first kappa shape index (κ1) is 21.7. The van der Waals surface area contributed by atoms with Gasteiger partial charge >= 0.3 is 19.1 Å². The summed E-state index contributed by atoms with van der Waals surface area (Å²) < 4.78 is 60.3. The first-order valence-electron chi connectivity index (χ1n) is 9.08. The zero-order valence-corrected chi connectivity index (χ0v) is 17.4. The van der Waals surface area contributed by atoms with Crippen LogP contribution in [-0.4, -0.2) is 35.3 Å². The topological polar surface area (TPSA) is 51.0 Å². The number of alkyl halides is 5. The fraction of sp³-hybridized carbons (Fsp3) is 0.421. The number of fused-ring (bicyclic) bond motifs is 1. The van der Waals surface area contributed by atoms with Gasteiger partial charge in [0.25, 0.3) is 0 Å². The molecule has 2 heterocycles. The Morgan fingerprint density at radius 1 is 1.30 bits per heavy atom. The highest BCUT2D eigenvalue weighted by molar-refractivity contribution is 6.62. The lowest BCUT2D eigenvalue weighted by Crippen LogP contribution is -2.32. The van der Waals surface area contributed by atoms with Crippen molar-refractivity contribution in [2.24, 2.45) is 5.16 Å². The van der Waals surface area contributed by atoms with Gasteiger partial charge in [0.05, 0.1) is 33.7 Å². The number of hydrogen-bond acceptors (Lipinski definition) is 4. The molecule has 0 saturated carbocycles. The molecule has 1 aromatic rings. The Balaban J connectivity index is 1.61. The molecule has 30 heavy (non-hydrogen) atoms. The summed E-state index contributed by atoms with van der Waals surface area (Å²) in [6.07, 6.45) is -4.53. The van der Waals surface area contributed by atoms with E-state index in [0.717, 1.165) is 11.6 Å². The molecule has 1 aromatic carbocycles. The maximum Gasteiger partial charge on any atom is 0.492 e. The molecule has 2 aliphatic heterocycles. The van der Waals surface area contributed by atoms with Gasteiger partial charge in [0.1, 0.15) is 0 Å².